The molecule has 2 aliphatic rings. The van der Waals surface area contributed by atoms with E-state index in [4.69, 9.17) is 10.5 Å². The van der Waals surface area contributed by atoms with Crippen LogP contribution < -0.4 is 5.73 Å². The standard InChI is InChI=1S/C13H23NO2/c1-13(2,3)16-12(15)10-8-6-4-5-7-9(8)11(10)14/h8-11H,4-7,14H2,1-3H3. The quantitative estimate of drug-likeness (QED) is 0.695. The van der Waals surface area contributed by atoms with Crippen molar-refractivity contribution in [2.24, 2.45) is 23.5 Å². The highest BCUT2D eigenvalue weighted by atomic mass is 16.6. The van der Waals surface area contributed by atoms with Crippen molar-refractivity contribution < 1.29 is 9.53 Å². The summed E-state index contributed by atoms with van der Waals surface area (Å²) in [6, 6.07) is 0.0418. The number of hydrogen-bond acceptors (Lipinski definition) is 3. The maximum absolute atomic E-state index is 12.0. The minimum atomic E-state index is -0.392. The van der Waals surface area contributed by atoms with E-state index in [1.807, 2.05) is 20.8 Å². The van der Waals surface area contributed by atoms with Crippen LogP contribution in [0.25, 0.3) is 0 Å². The summed E-state index contributed by atoms with van der Waals surface area (Å²) in [5.74, 6) is 0.956. The van der Waals surface area contributed by atoms with Crippen LogP contribution in [0.15, 0.2) is 0 Å². The smallest absolute Gasteiger partial charge is 0.311 e. The van der Waals surface area contributed by atoms with Gasteiger partial charge in [0, 0.05) is 6.04 Å². The van der Waals surface area contributed by atoms with Crippen LogP contribution in [0.5, 0.6) is 0 Å². The third-order valence-electron chi connectivity index (χ3n) is 3.92. The van der Waals surface area contributed by atoms with Gasteiger partial charge in [-0.05, 0) is 45.4 Å². The molecule has 0 radical (unpaired) electrons. The molecule has 0 saturated heterocycles. The molecule has 0 heterocycles. The summed E-state index contributed by atoms with van der Waals surface area (Å²) < 4.78 is 5.44. The van der Waals surface area contributed by atoms with E-state index in [-0.39, 0.29) is 17.9 Å². The monoisotopic (exact) mass is 225 g/mol. The number of ether oxygens (including phenoxy) is 1. The van der Waals surface area contributed by atoms with Gasteiger partial charge in [-0.25, -0.2) is 0 Å². The van der Waals surface area contributed by atoms with E-state index in [0.717, 1.165) is 6.42 Å². The number of carbonyl (C=O) groups is 1. The number of hydrogen-bond donors (Lipinski definition) is 1. The fourth-order valence-electron chi connectivity index (χ4n) is 3.22. The first-order valence-corrected chi connectivity index (χ1v) is 6.38. The maximum atomic E-state index is 12.0. The first-order valence-electron chi connectivity index (χ1n) is 6.38. The Hall–Kier alpha value is -0.570. The van der Waals surface area contributed by atoms with Crippen molar-refractivity contribution in [3.05, 3.63) is 0 Å². The molecular weight excluding hydrogens is 202 g/mol. The molecule has 0 aromatic rings. The van der Waals surface area contributed by atoms with Crippen LogP contribution in [0, 0.1) is 17.8 Å². The molecule has 3 heteroatoms. The van der Waals surface area contributed by atoms with Gasteiger partial charge in [0.2, 0.25) is 0 Å². The SMILES string of the molecule is CC(C)(C)OC(=O)C1C(N)C2CCCCC21. The molecule has 2 fully saturated rings. The molecule has 0 bridgehead atoms. The molecule has 2 rings (SSSR count). The van der Waals surface area contributed by atoms with Gasteiger partial charge in [0.1, 0.15) is 5.60 Å². The number of nitrogens with two attached hydrogens (primary N) is 1. The fraction of sp³-hybridized carbons (Fsp3) is 0.923. The topological polar surface area (TPSA) is 52.3 Å². The molecule has 4 atom stereocenters. The molecule has 16 heavy (non-hydrogen) atoms. The summed E-state index contributed by atoms with van der Waals surface area (Å²) in [5, 5.41) is 0. The molecule has 2 N–H and O–H groups in total. The molecule has 3 nitrogen and oxygen atoms in total. The summed E-state index contributed by atoms with van der Waals surface area (Å²) in [5.41, 5.74) is 5.70. The predicted octanol–water partition coefficient (Wildman–Crippen LogP) is 2.09. The van der Waals surface area contributed by atoms with Crippen LogP contribution >= 0.6 is 0 Å². The second-order valence-corrected chi connectivity index (χ2v) is 6.25. The first-order chi connectivity index (χ1) is 7.40. The lowest BCUT2D eigenvalue weighted by Gasteiger charge is -2.52. The van der Waals surface area contributed by atoms with Gasteiger partial charge < -0.3 is 10.5 Å². The lowest BCUT2D eigenvalue weighted by Crippen LogP contribution is -2.61. The van der Waals surface area contributed by atoms with Gasteiger partial charge in [0.25, 0.3) is 0 Å². The van der Waals surface area contributed by atoms with Crippen LogP contribution in [0.2, 0.25) is 0 Å². The lowest BCUT2D eigenvalue weighted by molar-refractivity contribution is -0.173. The first kappa shape index (κ1) is 11.9. The molecule has 0 aromatic carbocycles. The minimum Gasteiger partial charge on any atom is -0.460 e. The van der Waals surface area contributed by atoms with Crippen LogP contribution in [-0.2, 0) is 9.53 Å². The Kier molecular flexibility index (Phi) is 2.99. The average molecular weight is 225 g/mol. The molecule has 0 spiro atoms. The van der Waals surface area contributed by atoms with Gasteiger partial charge in [0.15, 0.2) is 0 Å². The Balaban J connectivity index is 1.97. The predicted molar refractivity (Wildman–Crippen MR) is 62.8 cm³/mol. The van der Waals surface area contributed by atoms with Gasteiger partial charge in [-0.1, -0.05) is 12.8 Å². The lowest BCUT2D eigenvalue weighted by atomic mass is 9.55. The number of fused-ring (bicyclic) bond motifs is 1. The molecule has 2 saturated carbocycles. The zero-order chi connectivity index (χ0) is 11.9. The zero-order valence-corrected chi connectivity index (χ0v) is 10.5. The van der Waals surface area contributed by atoms with Crippen molar-refractivity contribution in [3.8, 4) is 0 Å². The van der Waals surface area contributed by atoms with Crippen molar-refractivity contribution in [2.75, 3.05) is 0 Å². The Morgan fingerprint density at radius 3 is 2.31 bits per heavy atom. The van der Waals surface area contributed by atoms with Gasteiger partial charge in [-0.15, -0.1) is 0 Å². The van der Waals surface area contributed by atoms with Crippen molar-refractivity contribution >= 4 is 5.97 Å². The van der Waals surface area contributed by atoms with E-state index in [1.165, 1.54) is 19.3 Å². The van der Waals surface area contributed by atoms with Gasteiger partial charge in [-0.3, -0.25) is 4.79 Å². The highest BCUT2D eigenvalue weighted by Crippen LogP contribution is 2.49. The third kappa shape index (κ3) is 2.10. The van der Waals surface area contributed by atoms with Gasteiger partial charge in [-0.2, -0.15) is 0 Å². The highest BCUT2D eigenvalue weighted by Gasteiger charge is 2.53. The fourth-order valence-corrected chi connectivity index (χ4v) is 3.22. The Bertz CT molecular complexity index is 282. The van der Waals surface area contributed by atoms with Gasteiger partial charge >= 0.3 is 5.97 Å². The van der Waals surface area contributed by atoms with Crippen LogP contribution in [0.1, 0.15) is 46.5 Å². The van der Waals surface area contributed by atoms with E-state index in [2.05, 4.69) is 0 Å². The van der Waals surface area contributed by atoms with Crippen molar-refractivity contribution in [1.29, 1.82) is 0 Å². The number of esters is 1. The second kappa shape index (κ2) is 4.02. The van der Waals surface area contributed by atoms with E-state index < -0.39 is 5.60 Å². The van der Waals surface area contributed by atoms with Crippen LogP contribution in [-0.4, -0.2) is 17.6 Å². The van der Waals surface area contributed by atoms with Gasteiger partial charge in [0.05, 0.1) is 5.92 Å². The highest BCUT2D eigenvalue weighted by molar-refractivity contribution is 5.75. The van der Waals surface area contributed by atoms with E-state index in [9.17, 15) is 4.79 Å². The second-order valence-electron chi connectivity index (χ2n) is 6.25. The van der Waals surface area contributed by atoms with Crippen molar-refractivity contribution in [1.82, 2.24) is 0 Å². The Morgan fingerprint density at radius 2 is 1.75 bits per heavy atom. The average Bonchev–Trinajstić information content (AvgIpc) is 2.14. The molecular formula is C13H23NO2. The molecule has 4 unspecified atom stereocenters. The van der Waals surface area contributed by atoms with Crippen LogP contribution in [0.4, 0.5) is 0 Å². The third-order valence-corrected chi connectivity index (χ3v) is 3.92. The van der Waals surface area contributed by atoms with E-state index in [0.29, 0.717) is 11.8 Å². The van der Waals surface area contributed by atoms with Crippen LogP contribution in [0.3, 0.4) is 0 Å². The minimum absolute atomic E-state index is 0.0375. The zero-order valence-electron chi connectivity index (χ0n) is 10.5. The molecule has 2 aliphatic carbocycles. The molecule has 0 aromatic heterocycles. The van der Waals surface area contributed by atoms with E-state index in [1.54, 1.807) is 0 Å². The Labute approximate surface area is 97.7 Å². The Morgan fingerprint density at radius 1 is 1.19 bits per heavy atom. The van der Waals surface area contributed by atoms with E-state index >= 15 is 0 Å². The summed E-state index contributed by atoms with van der Waals surface area (Å²) in [6.07, 6.45) is 4.87. The van der Waals surface area contributed by atoms with Crippen molar-refractivity contribution in [3.63, 3.8) is 0 Å². The van der Waals surface area contributed by atoms with Crippen molar-refractivity contribution in [2.45, 2.75) is 58.1 Å². The molecule has 92 valence electrons. The molecule has 0 amide bonds. The largest absolute Gasteiger partial charge is 0.460 e. The number of carbonyl (C=O) groups excluding carboxylic acids is 1. The summed E-state index contributed by atoms with van der Waals surface area (Å²) in [6.45, 7) is 5.73. The summed E-state index contributed by atoms with van der Waals surface area (Å²) in [4.78, 5) is 12.0. The summed E-state index contributed by atoms with van der Waals surface area (Å²) in [7, 11) is 0. The normalized spacial score (nSPS) is 38.5. The maximum Gasteiger partial charge on any atom is 0.311 e. The molecule has 0 aliphatic heterocycles. The summed E-state index contributed by atoms with van der Waals surface area (Å²) >= 11 is 0. The number of rotatable bonds is 1.